The topological polar surface area (TPSA) is 12.0 Å². The van der Waals surface area contributed by atoms with Crippen LogP contribution in [-0.4, -0.2) is 13.6 Å². The van der Waals surface area contributed by atoms with Crippen LogP contribution >= 0.6 is 0 Å². The molecule has 1 unspecified atom stereocenters. The van der Waals surface area contributed by atoms with Crippen molar-refractivity contribution in [2.24, 2.45) is 5.92 Å². The minimum Gasteiger partial charge on any atom is -0.319 e. The van der Waals surface area contributed by atoms with Crippen LogP contribution < -0.4 is 5.32 Å². The number of nitrogens with one attached hydrogen (secondary N) is 1. The van der Waals surface area contributed by atoms with Gasteiger partial charge in [0.05, 0.1) is 0 Å². The highest BCUT2D eigenvalue weighted by molar-refractivity contribution is 5.16. The summed E-state index contributed by atoms with van der Waals surface area (Å²) in [7, 11) is 2.02. The zero-order chi connectivity index (χ0) is 15.3. The second kappa shape index (κ2) is 11.7. The van der Waals surface area contributed by atoms with Crippen molar-refractivity contribution >= 4 is 0 Å². The summed E-state index contributed by atoms with van der Waals surface area (Å²) < 4.78 is 12.9. The second-order valence-electron chi connectivity index (χ2n) is 6.16. The Bertz CT molecular complexity index is 347. The molecule has 1 rings (SSSR count). The van der Waals surface area contributed by atoms with E-state index in [-0.39, 0.29) is 5.82 Å². The maximum atomic E-state index is 12.9. The first-order chi connectivity index (χ1) is 10.3. The first-order valence-electron chi connectivity index (χ1n) is 8.65. The van der Waals surface area contributed by atoms with Crippen molar-refractivity contribution in [3.05, 3.63) is 35.6 Å². The van der Waals surface area contributed by atoms with E-state index in [2.05, 4.69) is 12.2 Å². The molecule has 0 aliphatic carbocycles. The van der Waals surface area contributed by atoms with E-state index in [0.29, 0.717) is 5.92 Å². The Morgan fingerprint density at radius 1 is 0.952 bits per heavy atom. The lowest BCUT2D eigenvalue weighted by molar-refractivity contribution is 0.432. The van der Waals surface area contributed by atoms with Crippen LogP contribution in [0.4, 0.5) is 4.39 Å². The van der Waals surface area contributed by atoms with Gasteiger partial charge in [-0.05, 0) is 50.0 Å². The fraction of sp³-hybridized carbons (Fsp3) is 0.684. The van der Waals surface area contributed by atoms with Crippen molar-refractivity contribution in [3.8, 4) is 0 Å². The number of benzene rings is 1. The van der Waals surface area contributed by atoms with E-state index in [1.54, 1.807) is 12.1 Å². The van der Waals surface area contributed by atoms with Gasteiger partial charge < -0.3 is 5.32 Å². The van der Waals surface area contributed by atoms with Crippen molar-refractivity contribution in [2.75, 3.05) is 13.6 Å². The molecule has 0 amide bonds. The first kappa shape index (κ1) is 18.2. The lowest BCUT2D eigenvalue weighted by atomic mass is 9.93. The highest BCUT2D eigenvalue weighted by atomic mass is 19.1. The van der Waals surface area contributed by atoms with Crippen molar-refractivity contribution in [1.29, 1.82) is 0 Å². The monoisotopic (exact) mass is 293 g/mol. The molecule has 1 nitrogen and oxygen atoms in total. The van der Waals surface area contributed by atoms with E-state index >= 15 is 0 Å². The number of unbranched alkanes of at least 4 members (excludes halogenated alkanes) is 6. The molecule has 0 saturated heterocycles. The third kappa shape index (κ3) is 8.87. The average Bonchev–Trinajstić information content (AvgIpc) is 2.49. The maximum absolute atomic E-state index is 12.9. The van der Waals surface area contributed by atoms with Gasteiger partial charge >= 0.3 is 0 Å². The largest absolute Gasteiger partial charge is 0.319 e. The average molecular weight is 293 g/mol. The van der Waals surface area contributed by atoms with Gasteiger partial charge in [-0.3, -0.25) is 0 Å². The van der Waals surface area contributed by atoms with Crippen LogP contribution in [0.15, 0.2) is 24.3 Å². The van der Waals surface area contributed by atoms with E-state index in [1.807, 2.05) is 19.2 Å². The van der Waals surface area contributed by atoms with Crippen molar-refractivity contribution in [2.45, 2.75) is 64.7 Å². The van der Waals surface area contributed by atoms with E-state index in [0.717, 1.165) is 13.0 Å². The summed E-state index contributed by atoms with van der Waals surface area (Å²) in [5.74, 6) is 0.520. The molecular formula is C19H32FN. The van der Waals surface area contributed by atoms with Crippen molar-refractivity contribution in [3.63, 3.8) is 0 Å². The summed E-state index contributed by atoms with van der Waals surface area (Å²) in [5.41, 5.74) is 1.25. The molecular weight excluding hydrogens is 261 g/mol. The van der Waals surface area contributed by atoms with Gasteiger partial charge in [-0.2, -0.15) is 0 Å². The van der Waals surface area contributed by atoms with E-state index < -0.39 is 0 Å². The Hall–Kier alpha value is -0.890. The zero-order valence-electron chi connectivity index (χ0n) is 13.8. The SMILES string of the molecule is CCCCCCCCCC(CNC)Cc1ccc(F)cc1. The van der Waals surface area contributed by atoms with Gasteiger partial charge in [0, 0.05) is 0 Å². The molecule has 0 aromatic heterocycles. The zero-order valence-corrected chi connectivity index (χ0v) is 13.8. The third-order valence-electron chi connectivity index (χ3n) is 4.15. The van der Waals surface area contributed by atoms with Crippen LogP contribution in [0.3, 0.4) is 0 Å². The Balaban J connectivity index is 2.21. The van der Waals surface area contributed by atoms with Gasteiger partial charge in [-0.1, -0.05) is 64.0 Å². The Morgan fingerprint density at radius 3 is 2.19 bits per heavy atom. The molecule has 0 saturated carbocycles. The Labute approximate surface area is 130 Å². The quantitative estimate of drug-likeness (QED) is 0.513. The molecule has 120 valence electrons. The lowest BCUT2D eigenvalue weighted by Crippen LogP contribution is -2.20. The fourth-order valence-electron chi connectivity index (χ4n) is 2.91. The predicted octanol–water partition coefficient (Wildman–Crippen LogP) is 5.34. The van der Waals surface area contributed by atoms with Crippen LogP contribution in [-0.2, 0) is 6.42 Å². The Kier molecular flexibility index (Phi) is 10.1. The molecule has 1 aromatic rings. The van der Waals surface area contributed by atoms with Crippen LogP contribution in [0.1, 0.15) is 63.9 Å². The number of halogens is 1. The Morgan fingerprint density at radius 2 is 1.57 bits per heavy atom. The standard InChI is InChI=1S/C19H32FN/c1-3-4-5-6-7-8-9-10-18(16-21-2)15-17-11-13-19(20)14-12-17/h11-14,18,21H,3-10,15-16H2,1-2H3. The normalized spacial score (nSPS) is 12.5. The van der Waals surface area contributed by atoms with E-state index in [1.165, 1.54) is 56.9 Å². The molecule has 0 fully saturated rings. The summed E-state index contributed by atoms with van der Waals surface area (Å²) in [4.78, 5) is 0. The van der Waals surface area contributed by atoms with Crippen LogP contribution in [0, 0.1) is 11.7 Å². The van der Waals surface area contributed by atoms with Gasteiger partial charge in [0.25, 0.3) is 0 Å². The highest BCUT2D eigenvalue weighted by Crippen LogP contribution is 2.17. The molecule has 0 aliphatic rings. The minimum absolute atomic E-state index is 0.143. The molecule has 1 atom stereocenters. The molecule has 0 spiro atoms. The molecule has 2 heteroatoms. The molecule has 1 N–H and O–H groups in total. The highest BCUT2D eigenvalue weighted by Gasteiger charge is 2.09. The van der Waals surface area contributed by atoms with Gasteiger partial charge in [-0.25, -0.2) is 4.39 Å². The second-order valence-corrected chi connectivity index (χ2v) is 6.16. The summed E-state index contributed by atoms with van der Waals surface area (Å²) >= 11 is 0. The molecule has 0 heterocycles. The molecule has 1 aromatic carbocycles. The van der Waals surface area contributed by atoms with Gasteiger partial charge in [0.15, 0.2) is 0 Å². The first-order valence-corrected chi connectivity index (χ1v) is 8.65. The molecule has 0 radical (unpaired) electrons. The molecule has 0 bridgehead atoms. The van der Waals surface area contributed by atoms with Crippen LogP contribution in [0.2, 0.25) is 0 Å². The number of hydrogen-bond donors (Lipinski definition) is 1. The maximum Gasteiger partial charge on any atom is 0.123 e. The smallest absolute Gasteiger partial charge is 0.123 e. The number of hydrogen-bond acceptors (Lipinski definition) is 1. The lowest BCUT2D eigenvalue weighted by Gasteiger charge is -2.16. The van der Waals surface area contributed by atoms with Gasteiger partial charge in [0.2, 0.25) is 0 Å². The fourth-order valence-corrected chi connectivity index (χ4v) is 2.91. The van der Waals surface area contributed by atoms with Crippen molar-refractivity contribution in [1.82, 2.24) is 5.32 Å². The predicted molar refractivity (Wildman–Crippen MR) is 90.1 cm³/mol. The van der Waals surface area contributed by atoms with Crippen LogP contribution in [0.5, 0.6) is 0 Å². The van der Waals surface area contributed by atoms with Crippen LogP contribution in [0.25, 0.3) is 0 Å². The molecule has 0 aliphatic heterocycles. The van der Waals surface area contributed by atoms with E-state index in [9.17, 15) is 4.39 Å². The minimum atomic E-state index is -0.143. The summed E-state index contributed by atoms with van der Waals surface area (Å²) in [5, 5.41) is 3.29. The van der Waals surface area contributed by atoms with Gasteiger partial charge in [0.1, 0.15) is 5.82 Å². The number of rotatable bonds is 12. The van der Waals surface area contributed by atoms with E-state index in [4.69, 9.17) is 0 Å². The van der Waals surface area contributed by atoms with Crippen molar-refractivity contribution < 1.29 is 4.39 Å². The third-order valence-corrected chi connectivity index (χ3v) is 4.15. The van der Waals surface area contributed by atoms with Gasteiger partial charge in [-0.15, -0.1) is 0 Å². The summed E-state index contributed by atoms with van der Waals surface area (Å²) in [6, 6.07) is 6.98. The summed E-state index contributed by atoms with van der Waals surface area (Å²) in [6.07, 6.45) is 11.9. The summed E-state index contributed by atoms with van der Waals surface area (Å²) in [6.45, 7) is 3.31. The molecule has 21 heavy (non-hydrogen) atoms.